The lowest BCUT2D eigenvalue weighted by Crippen LogP contribution is -2.39. The van der Waals surface area contributed by atoms with Gasteiger partial charge in [-0.2, -0.15) is 0 Å². The SMILES string of the molecule is CCNC(=NCC1(CCOC)CCCC1)NCCc1coc(-c2ccc(F)cc2)n1.I. The molecule has 0 unspecified atom stereocenters. The highest BCUT2D eigenvalue weighted by atomic mass is 127. The zero-order valence-electron chi connectivity index (χ0n) is 18.5. The van der Waals surface area contributed by atoms with Crippen molar-refractivity contribution < 1.29 is 13.5 Å². The Hall–Kier alpha value is -1.68. The third-order valence-corrected chi connectivity index (χ3v) is 5.73. The highest BCUT2D eigenvalue weighted by Gasteiger charge is 2.33. The summed E-state index contributed by atoms with van der Waals surface area (Å²) in [6, 6.07) is 6.15. The van der Waals surface area contributed by atoms with Crippen molar-refractivity contribution in [2.45, 2.75) is 45.4 Å². The van der Waals surface area contributed by atoms with E-state index in [4.69, 9.17) is 14.1 Å². The van der Waals surface area contributed by atoms with Gasteiger partial charge in [-0.15, -0.1) is 24.0 Å². The minimum absolute atomic E-state index is 0. The molecule has 8 heteroatoms. The molecule has 1 saturated carbocycles. The van der Waals surface area contributed by atoms with Crippen LogP contribution in [-0.4, -0.2) is 44.3 Å². The van der Waals surface area contributed by atoms with Crippen LogP contribution >= 0.6 is 24.0 Å². The molecule has 0 atom stereocenters. The van der Waals surface area contributed by atoms with E-state index in [1.165, 1.54) is 37.8 Å². The fourth-order valence-corrected chi connectivity index (χ4v) is 3.98. The minimum Gasteiger partial charge on any atom is -0.444 e. The van der Waals surface area contributed by atoms with Gasteiger partial charge in [0.15, 0.2) is 5.96 Å². The summed E-state index contributed by atoms with van der Waals surface area (Å²) in [7, 11) is 1.77. The van der Waals surface area contributed by atoms with Gasteiger partial charge in [0.25, 0.3) is 0 Å². The van der Waals surface area contributed by atoms with Crippen LogP contribution in [0.15, 0.2) is 39.9 Å². The van der Waals surface area contributed by atoms with E-state index in [-0.39, 0.29) is 35.2 Å². The number of rotatable bonds is 10. The van der Waals surface area contributed by atoms with Crippen LogP contribution in [0.2, 0.25) is 0 Å². The number of oxazole rings is 1. The van der Waals surface area contributed by atoms with Crippen LogP contribution in [0.25, 0.3) is 11.5 Å². The van der Waals surface area contributed by atoms with Crippen LogP contribution in [0.3, 0.4) is 0 Å². The average Bonchev–Trinajstić information content (AvgIpc) is 3.41. The molecule has 0 spiro atoms. The predicted octanol–water partition coefficient (Wildman–Crippen LogP) is 4.79. The van der Waals surface area contributed by atoms with Gasteiger partial charge in [-0.3, -0.25) is 4.99 Å². The lowest BCUT2D eigenvalue weighted by atomic mass is 9.83. The molecule has 1 aromatic heterocycles. The number of hydrogen-bond donors (Lipinski definition) is 2. The number of methoxy groups -OCH3 is 1. The second-order valence-electron chi connectivity index (χ2n) is 7.97. The Kier molecular flexibility index (Phi) is 10.7. The highest BCUT2D eigenvalue weighted by Crippen LogP contribution is 2.41. The van der Waals surface area contributed by atoms with E-state index >= 15 is 0 Å². The molecule has 172 valence electrons. The van der Waals surface area contributed by atoms with E-state index < -0.39 is 0 Å². The molecular formula is C23H34FIN4O2. The van der Waals surface area contributed by atoms with Crippen molar-refractivity contribution in [1.82, 2.24) is 15.6 Å². The average molecular weight is 544 g/mol. The Morgan fingerprint density at radius 3 is 2.65 bits per heavy atom. The number of ether oxygens (including phenoxy) is 1. The van der Waals surface area contributed by atoms with Gasteiger partial charge in [0.05, 0.1) is 5.69 Å². The van der Waals surface area contributed by atoms with Gasteiger partial charge in [0.1, 0.15) is 12.1 Å². The predicted molar refractivity (Wildman–Crippen MR) is 132 cm³/mol. The first kappa shape index (κ1) is 25.6. The Bertz CT molecular complexity index is 804. The lowest BCUT2D eigenvalue weighted by Gasteiger charge is -2.27. The maximum Gasteiger partial charge on any atom is 0.226 e. The monoisotopic (exact) mass is 544 g/mol. The summed E-state index contributed by atoms with van der Waals surface area (Å²) in [6.45, 7) is 5.20. The Morgan fingerprint density at radius 2 is 1.97 bits per heavy atom. The topological polar surface area (TPSA) is 71.7 Å². The van der Waals surface area contributed by atoms with Gasteiger partial charge in [0.2, 0.25) is 5.89 Å². The molecule has 3 rings (SSSR count). The minimum atomic E-state index is -0.272. The summed E-state index contributed by atoms with van der Waals surface area (Å²) in [5.74, 6) is 1.07. The molecule has 1 heterocycles. The zero-order valence-corrected chi connectivity index (χ0v) is 20.8. The van der Waals surface area contributed by atoms with Gasteiger partial charge in [-0.25, -0.2) is 9.37 Å². The Balaban J connectivity index is 0.00000341. The molecule has 6 nitrogen and oxygen atoms in total. The third-order valence-electron chi connectivity index (χ3n) is 5.73. The van der Waals surface area contributed by atoms with E-state index in [2.05, 4.69) is 22.5 Å². The van der Waals surface area contributed by atoms with Crippen molar-refractivity contribution >= 4 is 29.9 Å². The fraction of sp³-hybridized carbons (Fsp3) is 0.565. The summed E-state index contributed by atoms with van der Waals surface area (Å²) < 4.78 is 23.9. The van der Waals surface area contributed by atoms with E-state index in [0.717, 1.165) is 43.3 Å². The van der Waals surface area contributed by atoms with Crippen molar-refractivity contribution in [1.29, 1.82) is 0 Å². The molecule has 0 saturated heterocycles. The number of benzene rings is 1. The number of nitrogens with zero attached hydrogens (tertiary/aromatic N) is 2. The van der Waals surface area contributed by atoms with Crippen LogP contribution in [0.1, 0.15) is 44.7 Å². The van der Waals surface area contributed by atoms with Crippen LogP contribution in [0.5, 0.6) is 0 Å². The van der Waals surface area contributed by atoms with E-state index in [9.17, 15) is 4.39 Å². The number of hydrogen-bond acceptors (Lipinski definition) is 4. The number of aliphatic imine (C=N–C) groups is 1. The highest BCUT2D eigenvalue weighted by molar-refractivity contribution is 14.0. The smallest absolute Gasteiger partial charge is 0.226 e. The van der Waals surface area contributed by atoms with Gasteiger partial charge in [-0.05, 0) is 55.9 Å². The third kappa shape index (κ3) is 7.75. The van der Waals surface area contributed by atoms with Crippen molar-refractivity contribution in [3.63, 3.8) is 0 Å². The summed E-state index contributed by atoms with van der Waals surface area (Å²) in [4.78, 5) is 9.38. The first-order valence-corrected chi connectivity index (χ1v) is 10.9. The Labute approximate surface area is 201 Å². The summed E-state index contributed by atoms with van der Waals surface area (Å²) in [5, 5.41) is 6.73. The van der Waals surface area contributed by atoms with Crippen LogP contribution in [0, 0.1) is 11.2 Å². The molecule has 0 bridgehead atoms. The van der Waals surface area contributed by atoms with Gasteiger partial charge in [-0.1, -0.05) is 12.8 Å². The van der Waals surface area contributed by atoms with Crippen molar-refractivity contribution in [3.8, 4) is 11.5 Å². The lowest BCUT2D eigenvalue weighted by molar-refractivity contribution is 0.141. The van der Waals surface area contributed by atoms with Crippen molar-refractivity contribution in [2.75, 3.05) is 33.4 Å². The largest absolute Gasteiger partial charge is 0.444 e. The number of halogens is 2. The summed E-state index contributed by atoms with van der Waals surface area (Å²) in [6.07, 6.45) is 8.45. The molecule has 0 amide bonds. The van der Waals surface area contributed by atoms with Crippen LogP contribution in [-0.2, 0) is 11.2 Å². The van der Waals surface area contributed by atoms with E-state index in [1.54, 1.807) is 25.5 Å². The molecule has 2 N–H and O–H groups in total. The molecular weight excluding hydrogens is 510 g/mol. The summed E-state index contributed by atoms with van der Waals surface area (Å²) >= 11 is 0. The van der Waals surface area contributed by atoms with Crippen LogP contribution < -0.4 is 10.6 Å². The van der Waals surface area contributed by atoms with E-state index in [1.807, 2.05) is 0 Å². The number of nitrogens with one attached hydrogen (secondary N) is 2. The summed E-state index contributed by atoms with van der Waals surface area (Å²) in [5.41, 5.74) is 1.89. The quantitative estimate of drug-likeness (QED) is 0.256. The molecule has 1 fully saturated rings. The second-order valence-corrected chi connectivity index (χ2v) is 7.97. The van der Waals surface area contributed by atoms with Crippen LogP contribution in [0.4, 0.5) is 4.39 Å². The Morgan fingerprint density at radius 1 is 1.23 bits per heavy atom. The second kappa shape index (κ2) is 13.0. The first-order valence-electron chi connectivity index (χ1n) is 10.9. The molecule has 31 heavy (non-hydrogen) atoms. The fourth-order valence-electron chi connectivity index (χ4n) is 3.98. The molecule has 1 aliphatic rings. The molecule has 0 aliphatic heterocycles. The first-order chi connectivity index (χ1) is 14.6. The standard InChI is InChI=1S/C23H33FN4O2.HI/c1-3-25-22(27-17-23(13-15-29-2)11-4-5-12-23)26-14-10-20-16-30-21(28-20)18-6-8-19(24)9-7-18;/h6-9,16H,3-5,10-15,17H2,1-2H3,(H2,25,26,27);1H. The van der Waals surface area contributed by atoms with Gasteiger partial charge >= 0.3 is 0 Å². The molecule has 0 radical (unpaired) electrons. The molecule has 1 aromatic carbocycles. The molecule has 2 aromatic rings. The maximum atomic E-state index is 13.1. The number of guanidine groups is 1. The number of aromatic nitrogens is 1. The zero-order chi connectivity index (χ0) is 21.2. The molecule has 1 aliphatic carbocycles. The van der Waals surface area contributed by atoms with Crippen molar-refractivity contribution in [2.24, 2.45) is 10.4 Å². The van der Waals surface area contributed by atoms with Crippen molar-refractivity contribution in [3.05, 3.63) is 42.0 Å². The van der Waals surface area contributed by atoms with E-state index in [0.29, 0.717) is 18.9 Å². The normalized spacial score (nSPS) is 15.5. The van der Waals surface area contributed by atoms with Gasteiger partial charge < -0.3 is 19.8 Å². The van der Waals surface area contributed by atoms with Gasteiger partial charge in [0, 0.05) is 45.3 Å². The maximum absolute atomic E-state index is 13.1.